The normalized spacial score (nSPS) is 13.3. The van der Waals surface area contributed by atoms with Crippen LogP contribution in [0.15, 0.2) is 71.4 Å². The van der Waals surface area contributed by atoms with Crippen LogP contribution >= 0.6 is 11.3 Å². The van der Waals surface area contributed by atoms with Crippen molar-refractivity contribution >= 4 is 28.0 Å². The van der Waals surface area contributed by atoms with Crippen LogP contribution in [0.3, 0.4) is 0 Å². The van der Waals surface area contributed by atoms with Crippen LogP contribution in [0.25, 0.3) is 0 Å². The highest BCUT2D eigenvalue weighted by atomic mass is 32.2. The van der Waals surface area contributed by atoms with E-state index in [0.717, 1.165) is 16.7 Å². The first-order valence-corrected chi connectivity index (χ1v) is 9.80. The molecule has 0 saturated carbocycles. The first-order chi connectivity index (χ1) is 11.6. The van der Waals surface area contributed by atoms with E-state index in [9.17, 15) is 9.00 Å². The molecule has 0 aliphatic heterocycles. The number of carbonyl (C=O) groups excluding carboxylic acids is 1. The number of thiophene rings is 1. The van der Waals surface area contributed by atoms with E-state index >= 15 is 0 Å². The average Bonchev–Trinajstić information content (AvgIpc) is 3.10. The quantitative estimate of drug-likeness (QED) is 0.729. The van der Waals surface area contributed by atoms with Crippen molar-refractivity contribution in [2.24, 2.45) is 5.73 Å². The van der Waals surface area contributed by atoms with Gasteiger partial charge >= 0.3 is 0 Å². The Balaban J connectivity index is 1.85. The van der Waals surface area contributed by atoms with Crippen molar-refractivity contribution in [1.82, 2.24) is 0 Å². The van der Waals surface area contributed by atoms with E-state index in [0.29, 0.717) is 11.3 Å². The maximum atomic E-state index is 13.1. The van der Waals surface area contributed by atoms with Gasteiger partial charge in [-0.15, -0.1) is 0 Å². The van der Waals surface area contributed by atoms with Crippen LogP contribution in [0.5, 0.6) is 0 Å². The van der Waals surface area contributed by atoms with Crippen LogP contribution < -0.4 is 5.73 Å². The van der Waals surface area contributed by atoms with Gasteiger partial charge < -0.3 is 5.73 Å². The number of amides is 1. The molecule has 24 heavy (non-hydrogen) atoms. The highest BCUT2D eigenvalue weighted by molar-refractivity contribution is 7.84. The summed E-state index contributed by atoms with van der Waals surface area (Å²) in [5, 5.41) is 3.89. The summed E-state index contributed by atoms with van der Waals surface area (Å²) >= 11 is 1.61. The van der Waals surface area contributed by atoms with Crippen LogP contribution in [0, 0.1) is 0 Å². The third-order valence-corrected chi connectivity index (χ3v) is 6.15. The molecule has 2 unspecified atom stereocenters. The van der Waals surface area contributed by atoms with Gasteiger partial charge in [0.1, 0.15) is 0 Å². The Bertz CT molecular complexity index is 828. The monoisotopic (exact) mass is 355 g/mol. The van der Waals surface area contributed by atoms with Gasteiger partial charge in [0, 0.05) is 22.1 Å². The second-order valence-electron chi connectivity index (χ2n) is 5.43. The summed E-state index contributed by atoms with van der Waals surface area (Å²) in [4.78, 5) is 11.1. The molecule has 0 aliphatic rings. The maximum Gasteiger partial charge on any atom is 0.248 e. The molecule has 0 spiro atoms. The number of primary amides is 1. The van der Waals surface area contributed by atoms with Crippen molar-refractivity contribution in [2.75, 3.05) is 0 Å². The summed E-state index contributed by atoms with van der Waals surface area (Å²) < 4.78 is 13.1. The first kappa shape index (κ1) is 16.6. The summed E-state index contributed by atoms with van der Waals surface area (Å²) in [7, 11) is -1.12. The lowest BCUT2D eigenvalue weighted by atomic mass is 10.1. The number of hydrogen-bond donors (Lipinski definition) is 1. The molecule has 0 radical (unpaired) electrons. The van der Waals surface area contributed by atoms with Gasteiger partial charge in [0.15, 0.2) is 0 Å². The lowest BCUT2D eigenvalue weighted by Gasteiger charge is -2.16. The van der Waals surface area contributed by atoms with Gasteiger partial charge in [0.2, 0.25) is 5.91 Å². The average molecular weight is 355 g/mol. The largest absolute Gasteiger partial charge is 0.366 e. The van der Waals surface area contributed by atoms with E-state index in [-0.39, 0.29) is 5.25 Å². The van der Waals surface area contributed by atoms with Gasteiger partial charge in [-0.2, -0.15) is 11.3 Å². The predicted octanol–water partition coefficient (Wildman–Crippen LogP) is 3.89. The summed E-state index contributed by atoms with van der Waals surface area (Å²) in [5.41, 5.74) is 8.75. The molecule has 2 aromatic carbocycles. The van der Waals surface area contributed by atoms with E-state index in [1.54, 1.807) is 23.5 Å². The Morgan fingerprint density at radius 3 is 2.29 bits per heavy atom. The Hall–Kier alpha value is -2.24. The van der Waals surface area contributed by atoms with Gasteiger partial charge in [-0.3, -0.25) is 9.00 Å². The van der Waals surface area contributed by atoms with E-state index in [2.05, 4.69) is 0 Å². The number of nitrogens with two attached hydrogens (primary N) is 1. The summed E-state index contributed by atoms with van der Waals surface area (Å²) in [6.07, 6.45) is 0. The molecule has 1 amide bonds. The van der Waals surface area contributed by atoms with Gasteiger partial charge in [0.05, 0.1) is 5.25 Å². The Morgan fingerprint density at radius 1 is 1.00 bits per heavy atom. The molecule has 2 N–H and O–H groups in total. The second-order valence-corrected chi connectivity index (χ2v) is 7.74. The molecule has 0 fully saturated rings. The molecular formula is C19H17NO2S2. The molecule has 0 aliphatic carbocycles. The molecular weight excluding hydrogens is 338 g/mol. The number of benzene rings is 2. The van der Waals surface area contributed by atoms with Crippen LogP contribution in [0.2, 0.25) is 0 Å². The van der Waals surface area contributed by atoms with Crippen LogP contribution in [0.1, 0.15) is 32.3 Å². The van der Waals surface area contributed by atoms with Gasteiger partial charge in [-0.05, 0) is 45.6 Å². The van der Waals surface area contributed by atoms with E-state index in [1.807, 2.05) is 59.3 Å². The SMILES string of the molecule is NC(=O)c1ccc(CS(=O)C(c2ccccc2)c2ccsc2)cc1. The maximum absolute atomic E-state index is 13.1. The zero-order valence-corrected chi connectivity index (χ0v) is 14.6. The Labute approximate surface area is 147 Å². The van der Waals surface area contributed by atoms with Gasteiger partial charge in [0.25, 0.3) is 0 Å². The van der Waals surface area contributed by atoms with Crippen molar-refractivity contribution in [2.45, 2.75) is 11.0 Å². The minimum absolute atomic E-state index is 0.159. The molecule has 122 valence electrons. The lowest BCUT2D eigenvalue weighted by molar-refractivity contribution is 0.100. The van der Waals surface area contributed by atoms with Crippen LogP contribution in [0.4, 0.5) is 0 Å². The minimum Gasteiger partial charge on any atom is -0.366 e. The molecule has 1 aromatic heterocycles. The Kier molecular flexibility index (Phi) is 5.23. The lowest BCUT2D eigenvalue weighted by Crippen LogP contribution is -2.12. The number of carbonyl (C=O) groups is 1. The molecule has 2 atom stereocenters. The van der Waals surface area contributed by atoms with Crippen molar-refractivity contribution in [3.05, 3.63) is 93.7 Å². The summed E-state index contributed by atoms with van der Waals surface area (Å²) in [6.45, 7) is 0. The van der Waals surface area contributed by atoms with Crippen LogP contribution in [-0.2, 0) is 16.6 Å². The highest BCUT2D eigenvalue weighted by Crippen LogP contribution is 2.31. The van der Waals surface area contributed by atoms with Crippen LogP contribution in [-0.4, -0.2) is 10.1 Å². The zero-order valence-electron chi connectivity index (χ0n) is 12.9. The fourth-order valence-electron chi connectivity index (χ4n) is 2.56. The van der Waals surface area contributed by atoms with E-state index in [4.69, 9.17) is 5.73 Å². The van der Waals surface area contributed by atoms with E-state index < -0.39 is 16.7 Å². The minimum atomic E-state index is -1.12. The molecule has 1 heterocycles. The second kappa shape index (κ2) is 7.55. The third kappa shape index (κ3) is 3.80. The van der Waals surface area contributed by atoms with Crippen molar-refractivity contribution in [3.63, 3.8) is 0 Å². The molecule has 3 rings (SSSR count). The predicted molar refractivity (Wildman–Crippen MR) is 99.4 cm³/mol. The summed E-state index contributed by atoms with van der Waals surface area (Å²) in [6, 6.07) is 18.9. The number of rotatable bonds is 6. The van der Waals surface area contributed by atoms with Gasteiger partial charge in [-0.25, -0.2) is 0 Å². The first-order valence-electron chi connectivity index (χ1n) is 7.48. The topological polar surface area (TPSA) is 60.2 Å². The zero-order chi connectivity index (χ0) is 16.9. The molecule has 3 aromatic rings. The molecule has 3 nitrogen and oxygen atoms in total. The van der Waals surface area contributed by atoms with Gasteiger partial charge in [-0.1, -0.05) is 42.5 Å². The van der Waals surface area contributed by atoms with E-state index in [1.165, 1.54) is 0 Å². The van der Waals surface area contributed by atoms with Crippen molar-refractivity contribution in [3.8, 4) is 0 Å². The smallest absolute Gasteiger partial charge is 0.248 e. The van der Waals surface area contributed by atoms with Crippen molar-refractivity contribution < 1.29 is 9.00 Å². The fourth-order valence-corrected chi connectivity index (χ4v) is 4.93. The third-order valence-electron chi connectivity index (χ3n) is 3.76. The molecule has 0 saturated heterocycles. The number of hydrogen-bond acceptors (Lipinski definition) is 3. The highest BCUT2D eigenvalue weighted by Gasteiger charge is 2.21. The fraction of sp³-hybridized carbons (Fsp3) is 0.105. The molecule has 0 bridgehead atoms. The standard InChI is InChI=1S/C19H17NO2S2/c20-19(21)16-8-6-14(7-9-16)13-24(22)18(17-10-11-23-12-17)15-4-2-1-3-5-15/h1-12,18H,13H2,(H2,20,21). The Morgan fingerprint density at radius 2 is 1.71 bits per heavy atom. The van der Waals surface area contributed by atoms with Crippen molar-refractivity contribution in [1.29, 1.82) is 0 Å². The summed E-state index contributed by atoms with van der Waals surface area (Å²) in [5.74, 6) is -0.0304. The molecule has 5 heteroatoms.